The van der Waals surface area contributed by atoms with Gasteiger partial charge in [0.05, 0.1) is 5.57 Å². The van der Waals surface area contributed by atoms with Crippen LogP contribution in [0.3, 0.4) is 0 Å². The number of allylic oxidation sites excluding steroid dienone is 4. The van der Waals surface area contributed by atoms with Crippen LogP contribution >= 0.6 is 0 Å². The van der Waals surface area contributed by atoms with E-state index in [1.165, 1.54) is 24.0 Å². The van der Waals surface area contributed by atoms with Crippen molar-refractivity contribution in [2.75, 3.05) is 0 Å². The summed E-state index contributed by atoms with van der Waals surface area (Å²) in [6.45, 7) is 8.62. The molecule has 0 aliphatic rings. The van der Waals surface area contributed by atoms with Gasteiger partial charge in [0.15, 0.2) is 0 Å². The molecule has 1 amide bonds. The van der Waals surface area contributed by atoms with Crippen LogP contribution in [-0.4, -0.2) is 5.91 Å². The number of aryl methyl sites for hydroxylation is 1. The van der Waals surface area contributed by atoms with Crippen LogP contribution in [0.25, 0.3) is 0 Å². The molecule has 0 radical (unpaired) electrons. The van der Waals surface area contributed by atoms with E-state index in [1.54, 1.807) is 13.0 Å². The van der Waals surface area contributed by atoms with Crippen molar-refractivity contribution in [2.24, 2.45) is 5.73 Å². The van der Waals surface area contributed by atoms with Gasteiger partial charge < -0.3 is 11.1 Å². The van der Waals surface area contributed by atoms with Crippen LogP contribution in [0.1, 0.15) is 58.1 Å². The SMILES string of the molecule is CCCCc1cccc(CNC(=O)C(/C=C\C=C(C)CC)=C(/C)N)c1. The van der Waals surface area contributed by atoms with Gasteiger partial charge in [0.2, 0.25) is 0 Å². The Hall–Kier alpha value is -2.29. The predicted molar refractivity (Wildman–Crippen MR) is 107 cm³/mol. The highest BCUT2D eigenvalue weighted by Gasteiger charge is 2.08. The summed E-state index contributed by atoms with van der Waals surface area (Å²) in [6, 6.07) is 8.40. The number of benzene rings is 1. The number of rotatable bonds is 9. The highest BCUT2D eigenvalue weighted by atomic mass is 16.1. The maximum Gasteiger partial charge on any atom is 0.253 e. The fourth-order valence-corrected chi connectivity index (χ4v) is 2.37. The molecule has 1 rings (SSSR count). The van der Waals surface area contributed by atoms with Crippen LogP contribution in [0.5, 0.6) is 0 Å². The molecule has 3 N–H and O–H groups in total. The van der Waals surface area contributed by atoms with Crippen LogP contribution in [0.4, 0.5) is 0 Å². The smallest absolute Gasteiger partial charge is 0.253 e. The predicted octanol–water partition coefficient (Wildman–Crippen LogP) is 4.79. The fraction of sp³-hybridized carbons (Fsp3) is 0.409. The van der Waals surface area contributed by atoms with E-state index in [-0.39, 0.29) is 5.91 Å². The topological polar surface area (TPSA) is 55.1 Å². The molecular weight excluding hydrogens is 308 g/mol. The minimum Gasteiger partial charge on any atom is -0.402 e. The van der Waals surface area contributed by atoms with Crippen LogP contribution in [0.15, 0.2) is 59.3 Å². The molecular formula is C22H32N2O. The van der Waals surface area contributed by atoms with Crippen molar-refractivity contribution < 1.29 is 4.79 Å². The number of carbonyl (C=O) groups excluding carboxylic acids is 1. The van der Waals surface area contributed by atoms with Crippen molar-refractivity contribution in [3.8, 4) is 0 Å². The number of carbonyl (C=O) groups is 1. The molecule has 0 spiro atoms. The summed E-state index contributed by atoms with van der Waals surface area (Å²) in [5.74, 6) is -0.141. The van der Waals surface area contributed by atoms with Gasteiger partial charge >= 0.3 is 0 Å². The minimum absolute atomic E-state index is 0.141. The molecule has 0 aliphatic heterocycles. The molecule has 0 aromatic heterocycles. The minimum atomic E-state index is -0.141. The van der Waals surface area contributed by atoms with Crippen LogP contribution in [0, 0.1) is 0 Å². The molecule has 136 valence electrons. The molecule has 0 saturated heterocycles. The highest BCUT2D eigenvalue weighted by Crippen LogP contribution is 2.10. The van der Waals surface area contributed by atoms with E-state index in [4.69, 9.17) is 5.73 Å². The Bertz CT molecular complexity index is 650. The zero-order valence-corrected chi connectivity index (χ0v) is 16.1. The van der Waals surface area contributed by atoms with E-state index < -0.39 is 0 Å². The number of unbranched alkanes of at least 4 members (excludes halogenated alkanes) is 1. The van der Waals surface area contributed by atoms with Crippen molar-refractivity contribution in [2.45, 2.75) is 59.9 Å². The first-order valence-corrected chi connectivity index (χ1v) is 9.14. The highest BCUT2D eigenvalue weighted by molar-refractivity contribution is 5.96. The molecule has 0 bridgehead atoms. The first kappa shape index (κ1) is 20.8. The number of nitrogens with two attached hydrogens (primary N) is 1. The van der Waals surface area contributed by atoms with E-state index in [0.717, 1.165) is 18.4 Å². The molecule has 0 saturated carbocycles. The van der Waals surface area contributed by atoms with E-state index >= 15 is 0 Å². The Morgan fingerprint density at radius 3 is 2.56 bits per heavy atom. The van der Waals surface area contributed by atoms with Gasteiger partial charge in [-0.15, -0.1) is 0 Å². The van der Waals surface area contributed by atoms with Crippen molar-refractivity contribution in [1.29, 1.82) is 0 Å². The molecule has 3 nitrogen and oxygen atoms in total. The zero-order valence-electron chi connectivity index (χ0n) is 16.1. The van der Waals surface area contributed by atoms with Gasteiger partial charge in [-0.25, -0.2) is 0 Å². The van der Waals surface area contributed by atoms with Gasteiger partial charge in [-0.1, -0.05) is 62.3 Å². The van der Waals surface area contributed by atoms with Crippen LogP contribution < -0.4 is 11.1 Å². The number of hydrogen-bond acceptors (Lipinski definition) is 2. The maximum atomic E-state index is 12.4. The number of hydrogen-bond donors (Lipinski definition) is 2. The van der Waals surface area contributed by atoms with Crippen LogP contribution in [-0.2, 0) is 17.8 Å². The summed E-state index contributed by atoms with van der Waals surface area (Å²) >= 11 is 0. The lowest BCUT2D eigenvalue weighted by atomic mass is 10.1. The normalized spacial score (nSPS) is 13.0. The third-order valence-corrected chi connectivity index (χ3v) is 4.13. The average Bonchev–Trinajstić information content (AvgIpc) is 2.61. The lowest BCUT2D eigenvalue weighted by Gasteiger charge is -2.09. The lowest BCUT2D eigenvalue weighted by molar-refractivity contribution is -0.117. The number of amides is 1. The third kappa shape index (κ3) is 7.88. The van der Waals surface area contributed by atoms with Crippen molar-refractivity contribution >= 4 is 5.91 Å². The largest absolute Gasteiger partial charge is 0.402 e. The summed E-state index contributed by atoms with van der Waals surface area (Å²) < 4.78 is 0. The molecule has 0 atom stereocenters. The maximum absolute atomic E-state index is 12.4. The molecule has 25 heavy (non-hydrogen) atoms. The molecule has 0 aliphatic carbocycles. The van der Waals surface area contributed by atoms with Gasteiger partial charge in [0, 0.05) is 12.2 Å². The van der Waals surface area contributed by atoms with E-state index in [9.17, 15) is 4.79 Å². The first-order valence-electron chi connectivity index (χ1n) is 9.14. The third-order valence-electron chi connectivity index (χ3n) is 4.13. The number of nitrogens with one attached hydrogen (secondary N) is 1. The second kappa shape index (κ2) is 11.3. The van der Waals surface area contributed by atoms with E-state index in [0.29, 0.717) is 17.8 Å². The monoisotopic (exact) mass is 340 g/mol. The lowest BCUT2D eigenvalue weighted by Crippen LogP contribution is -2.25. The van der Waals surface area contributed by atoms with Gasteiger partial charge in [-0.05, 0) is 50.3 Å². The second-order valence-electron chi connectivity index (χ2n) is 6.43. The Kier molecular flexibility index (Phi) is 9.38. The van der Waals surface area contributed by atoms with Gasteiger partial charge in [-0.3, -0.25) is 4.79 Å². The Morgan fingerprint density at radius 1 is 1.20 bits per heavy atom. The van der Waals surface area contributed by atoms with Gasteiger partial charge in [-0.2, -0.15) is 0 Å². The first-order chi connectivity index (χ1) is 12.0. The zero-order chi connectivity index (χ0) is 18.7. The molecule has 0 fully saturated rings. The van der Waals surface area contributed by atoms with Crippen molar-refractivity contribution in [3.63, 3.8) is 0 Å². The van der Waals surface area contributed by atoms with E-state index in [1.807, 2.05) is 18.2 Å². The van der Waals surface area contributed by atoms with Gasteiger partial charge in [0.25, 0.3) is 5.91 Å². The summed E-state index contributed by atoms with van der Waals surface area (Å²) in [6.07, 6.45) is 10.1. The summed E-state index contributed by atoms with van der Waals surface area (Å²) in [5, 5.41) is 2.97. The molecule has 0 unspecified atom stereocenters. The fourth-order valence-electron chi connectivity index (χ4n) is 2.37. The summed E-state index contributed by atoms with van der Waals surface area (Å²) in [5.41, 5.74) is 10.6. The van der Waals surface area contributed by atoms with Crippen molar-refractivity contribution in [3.05, 3.63) is 70.5 Å². The van der Waals surface area contributed by atoms with Crippen LogP contribution in [0.2, 0.25) is 0 Å². The molecule has 1 aromatic carbocycles. The Labute approximate surface area is 152 Å². The standard InChI is InChI=1S/C22H32N2O/c1-5-7-11-19-12-9-13-20(15-19)16-24-22(25)21(18(4)23)14-8-10-17(3)6-2/h8-10,12-15H,5-7,11,16,23H2,1-4H3,(H,24,25)/b14-8-,17-10?,21-18-. The van der Waals surface area contributed by atoms with Crippen molar-refractivity contribution in [1.82, 2.24) is 5.32 Å². The second-order valence-corrected chi connectivity index (χ2v) is 6.43. The van der Waals surface area contributed by atoms with E-state index in [2.05, 4.69) is 44.3 Å². The Morgan fingerprint density at radius 2 is 1.92 bits per heavy atom. The summed E-state index contributed by atoms with van der Waals surface area (Å²) in [7, 11) is 0. The average molecular weight is 341 g/mol. The quantitative estimate of drug-likeness (QED) is 0.501. The molecule has 1 aromatic rings. The molecule has 0 heterocycles. The molecule has 3 heteroatoms. The Balaban J connectivity index is 2.71. The van der Waals surface area contributed by atoms with Gasteiger partial charge in [0.1, 0.15) is 0 Å². The summed E-state index contributed by atoms with van der Waals surface area (Å²) in [4.78, 5) is 12.4.